The Kier molecular flexibility index (Phi) is 5.76. The van der Waals surface area contributed by atoms with Crippen LogP contribution in [0.1, 0.15) is 68.9 Å². The molecule has 0 bridgehead atoms. The minimum atomic E-state index is -0.526. The molecule has 0 atom stereocenters. The van der Waals surface area contributed by atoms with Crippen LogP contribution >= 0.6 is 0 Å². The summed E-state index contributed by atoms with van der Waals surface area (Å²) in [5.74, 6) is -0.0861. The predicted octanol–water partition coefficient (Wildman–Crippen LogP) is 4.27. The third-order valence-corrected chi connectivity index (χ3v) is 8.29. The minimum Gasteiger partial charge on any atom is -0.393 e. The first-order valence-electron chi connectivity index (χ1n) is 12.4. The van der Waals surface area contributed by atoms with E-state index >= 15 is 0 Å². The Morgan fingerprint density at radius 2 is 1.00 bits per heavy atom. The van der Waals surface area contributed by atoms with Gasteiger partial charge in [0.25, 0.3) is 11.4 Å². The summed E-state index contributed by atoms with van der Waals surface area (Å²) in [7, 11) is 0. The average Bonchev–Trinajstić information content (AvgIpc) is 3.52. The zero-order valence-corrected chi connectivity index (χ0v) is 20.2. The number of nitrogens with two attached hydrogens (primary N) is 2. The van der Waals surface area contributed by atoms with Crippen molar-refractivity contribution in [2.75, 3.05) is 22.1 Å². The summed E-state index contributed by atoms with van der Waals surface area (Å²) in [5, 5.41) is 27.2. The van der Waals surface area contributed by atoms with Crippen LogP contribution in [0.5, 0.6) is 0 Å². The third-order valence-electron chi connectivity index (χ3n) is 8.29. The normalized spacial score (nSPS) is 20.0. The molecule has 2 aliphatic carbocycles. The fourth-order valence-corrected chi connectivity index (χ4v) is 6.38. The van der Waals surface area contributed by atoms with Gasteiger partial charge in [0.2, 0.25) is 11.8 Å². The highest BCUT2D eigenvalue weighted by Gasteiger charge is 2.49. The van der Waals surface area contributed by atoms with Gasteiger partial charge in [-0.05, 0) is 48.9 Å². The van der Waals surface area contributed by atoms with Crippen molar-refractivity contribution in [3.63, 3.8) is 0 Å². The Hall–Kier alpha value is -4.22. The lowest BCUT2D eigenvalue weighted by molar-refractivity contribution is -0.384. The molecule has 2 heterocycles. The van der Waals surface area contributed by atoms with Crippen molar-refractivity contribution in [3.05, 3.63) is 55.6 Å². The van der Waals surface area contributed by atoms with E-state index < -0.39 is 20.7 Å². The molecule has 37 heavy (non-hydrogen) atoms. The molecule has 2 aromatic carbocycles. The van der Waals surface area contributed by atoms with Gasteiger partial charge in [-0.1, -0.05) is 32.1 Å². The van der Waals surface area contributed by atoms with Crippen molar-refractivity contribution in [1.29, 1.82) is 0 Å². The molecule has 2 aliphatic heterocycles. The monoisotopic (exact) mass is 508 g/mol. The number of nitrogen functional groups attached to an aromatic ring is 2. The van der Waals surface area contributed by atoms with Crippen molar-refractivity contribution >= 4 is 45.9 Å². The van der Waals surface area contributed by atoms with Crippen LogP contribution in [0.4, 0.5) is 34.1 Å². The highest BCUT2D eigenvalue weighted by molar-refractivity contribution is 6.08. The molecule has 2 fully saturated rings. The first-order valence-corrected chi connectivity index (χ1v) is 12.4. The maximum Gasteiger partial charge on any atom is 0.294 e. The summed E-state index contributed by atoms with van der Waals surface area (Å²) >= 11 is 0. The number of nitro benzene ring substituents is 2. The molecule has 0 radical (unpaired) electrons. The Bertz CT molecular complexity index is 1340. The van der Waals surface area contributed by atoms with E-state index in [1.807, 2.05) is 0 Å². The molecule has 0 saturated heterocycles. The third kappa shape index (κ3) is 3.74. The molecule has 2 spiro atoms. The van der Waals surface area contributed by atoms with Crippen molar-refractivity contribution in [2.45, 2.75) is 68.6 Å². The number of nitrogens with zero attached hydrogens (tertiary/aromatic N) is 2. The van der Waals surface area contributed by atoms with Gasteiger partial charge in [0, 0.05) is 12.1 Å². The summed E-state index contributed by atoms with van der Waals surface area (Å²) in [6, 6.07) is 5.95. The molecule has 6 N–H and O–H groups in total. The Morgan fingerprint density at radius 1 is 0.649 bits per heavy atom. The number of benzene rings is 2. The van der Waals surface area contributed by atoms with Crippen LogP contribution in [0.25, 0.3) is 0 Å². The van der Waals surface area contributed by atoms with E-state index in [2.05, 4.69) is 10.6 Å². The zero-order chi connectivity index (χ0) is 26.5. The van der Waals surface area contributed by atoms with Gasteiger partial charge in [-0.25, -0.2) is 0 Å². The molecule has 0 aromatic heterocycles. The van der Waals surface area contributed by atoms with Crippen molar-refractivity contribution in [2.24, 2.45) is 0 Å². The van der Waals surface area contributed by atoms with E-state index in [-0.39, 0.29) is 34.6 Å². The molecular formula is C25H28N6O6. The molecule has 2 saturated carbocycles. The lowest BCUT2D eigenvalue weighted by Gasteiger charge is -2.31. The van der Waals surface area contributed by atoms with Crippen molar-refractivity contribution < 1.29 is 19.4 Å². The molecule has 6 rings (SSSR count). The summed E-state index contributed by atoms with van der Waals surface area (Å²) in [4.78, 5) is 45.1. The van der Waals surface area contributed by atoms with Gasteiger partial charge in [-0.3, -0.25) is 29.8 Å². The van der Waals surface area contributed by atoms with E-state index in [1.165, 1.54) is 12.1 Å². The van der Waals surface area contributed by atoms with Crippen molar-refractivity contribution in [1.82, 2.24) is 0 Å². The van der Waals surface area contributed by atoms with E-state index in [9.17, 15) is 29.8 Å². The highest BCUT2D eigenvalue weighted by Crippen LogP contribution is 2.51. The summed E-state index contributed by atoms with van der Waals surface area (Å²) in [6.45, 7) is 0. The highest BCUT2D eigenvalue weighted by atomic mass is 16.6. The zero-order valence-electron chi connectivity index (χ0n) is 20.2. The molecule has 12 heteroatoms. The Morgan fingerprint density at radius 3 is 1.35 bits per heavy atom. The standard InChI is InChI=1S/C13H15N3O3.C12H13N3O3/c14-9-6-8-10(7-11(9)16(18)19)15-12(17)13(8)4-2-1-3-5-13;13-8-5-7-9(6-10(8)15(17)18)14-11(16)12(7)3-1-2-4-12/h6-7H,1-5,14H2,(H,15,17);5-6H,1-4,13H2,(H,14,16). The van der Waals surface area contributed by atoms with E-state index in [0.29, 0.717) is 11.4 Å². The van der Waals surface area contributed by atoms with Crippen LogP contribution in [-0.4, -0.2) is 21.7 Å². The number of carbonyl (C=O) groups excluding carboxylic acids is 2. The van der Waals surface area contributed by atoms with Gasteiger partial charge >= 0.3 is 0 Å². The van der Waals surface area contributed by atoms with Gasteiger partial charge < -0.3 is 22.1 Å². The SMILES string of the molecule is Nc1cc2c(cc1[N+](=O)[O-])NC(=O)C21CCCC1.Nc1cc2c(cc1[N+](=O)[O-])NC(=O)C21CCCCC1. The first-order chi connectivity index (χ1) is 17.6. The second kappa shape index (κ2) is 8.71. The first kappa shape index (κ1) is 24.5. The summed E-state index contributed by atoms with van der Waals surface area (Å²) in [5.41, 5.74) is 13.2. The number of nitro groups is 2. The summed E-state index contributed by atoms with van der Waals surface area (Å²) in [6.07, 6.45) is 8.33. The smallest absolute Gasteiger partial charge is 0.294 e. The molecule has 4 aliphatic rings. The van der Waals surface area contributed by atoms with Crippen LogP contribution in [0.3, 0.4) is 0 Å². The minimum absolute atomic E-state index is 0.0397. The average molecular weight is 509 g/mol. The van der Waals surface area contributed by atoms with Gasteiger partial charge in [0.15, 0.2) is 0 Å². The number of hydrogen-bond donors (Lipinski definition) is 4. The fraction of sp³-hybridized carbons (Fsp3) is 0.440. The molecule has 0 unspecified atom stereocenters. The largest absolute Gasteiger partial charge is 0.393 e. The van der Waals surface area contributed by atoms with E-state index in [1.54, 1.807) is 12.1 Å². The predicted molar refractivity (Wildman–Crippen MR) is 137 cm³/mol. The molecule has 12 nitrogen and oxygen atoms in total. The second-order valence-electron chi connectivity index (χ2n) is 10.3. The van der Waals surface area contributed by atoms with Crippen LogP contribution in [0.2, 0.25) is 0 Å². The molecule has 2 amide bonds. The van der Waals surface area contributed by atoms with Gasteiger partial charge in [-0.15, -0.1) is 0 Å². The maximum absolute atomic E-state index is 12.3. The van der Waals surface area contributed by atoms with Crippen molar-refractivity contribution in [3.8, 4) is 0 Å². The van der Waals surface area contributed by atoms with Crippen LogP contribution in [0.15, 0.2) is 24.3 Å². The number of hydrogen-bond acceptors (Lipinski definition) is 8. The fourth-order valence-electron chi connectivity index (χ4n) is 6.38. The quantitative estimate of drug-likeness (QED) is 0.262. The van der Waals surface area contributed by atoms with Crippen LogP contribution in [-0.2, 0) is 20.4 Å². The number of amides is 2. The van der Waals surface area contributed by atoms with E-state index in [0.717, 1.165) is 68.9 Å². The van der Waals surface area contributed by atoms with Gasteiger partial charge in [-0.2, -0.15) is 0 Å². The molecule has 194 valence electrons. The number of fused-ring (bicyclic) bond motifs is 4. The Balaban J connectivity index is 0.000000152. The van der Waals surface area contributed by atoms with Crippen LogP contribution < -0.4 is 22.1 Å². The lowest BCUT2D eigenvalue weighted by Crippen LogP contribution is -2.36. The Labute approximate surface area is 212 Å². The van der Waals surface area contributed by atoms with E-state index in [4.69, 9.17) is 11.5 Å². The van der Waals surface area contributed by atoms with Gasteiger partial charge in [0.1, 0.15) is 11.4 Å². The summed E-state index contributed by atoms with van der Waals surface area (Å²) < 4.78 is 0. The number of anilines is 4. The van der Waals surface area contributed by atoms with Crippen LogP contribution in [0, 0.1) is 20.2 Å². The number of nitrogens with one attached hydrogen (secondary N) is 2. The topological polar surface area (TPSA) is 197 Å². The van der Waals surface area contributed by atoms with Gasteiger partial charge in [0.05, 0.1) is 32.1 Å². The lowest BCUT2D eigenvalue weighted by atomic mass is 9.70. The maximum atomic E-state index is 12.3. The number of carbonyl (C=O) groups is 2. The molecular weight excluding hydrogens is 480 g/mol. The molecule has 2 aromatic rings. The number of rotatable bonds is 2. The second-order valence-corrected chi connectivity index (χ2v) is 10.3.